The molecule has 1 aromatic heterocycles. The summed E-state index contributed by atoms with van der Waals surface area (Å²) in [5.41, 5.74) is 0.375. The number of hydrogen-bond acceptors (Lipinski definition) is 2. The second kappa shape index (κ2) is 4.50. The molecule has 0 spiro atoms. The Balaban J connectivity index is 2.49. The monoisotopic (exact) mass is 289 g/mol. The second-order valence-corrected chi connectivity index (χ2v) is 4.26. The number of pyridine rings is 1. The summed E-state index contributed by atoms with van der Waals surface area (Å²) in [5.74, 6) is -7.67. The van der Waals surface area contributed by atoms with Crippen LogP contribution in [-0.4, -0.2) is 22.9 Å². The predicted molar refractivity (Wildman–Crippen MR) is 61.8 cm³/mol. The Hall–Kier alpha value is -2.05. The van der Waals surface area contributed by atoms with E-state index in [1.54, 1.807) is 13.0 Å². The molecule has 2 rings (SSSR count). The van der Waals surface area contributed by atoms with Gasteiger partial charge in [0.1, 0.15) is 0 Å². The topological polar surface area (TPSA) is 30.0 Å². The zero-order chi connectivity index (χ0) is 15.1. The average Bonchev–Trinajstić information content (AvgIpc) is 2.35. The van der Waals surface area contributed by atoms with Crippen LogP contribution < -0.4 is 0 Å². The Morgan fingerprint density at radius 1 is 1.05 bits per heavy atom. The molecule has 0 amide bonds. The van der Waals surface area contributed by atoms with Crippen LogP contribution in [0.3, 0.4) is 0 Å². The van der Waals surface area contributed by atoms with E-state index >= 15 is 0 Å². The summed E-state index contributed by atoms with van der Waals surface area (Å²) < 4.78 is 62.4. The molecule has 0 unspecified atom stereocenters. The van der Waals surface area contributed by atoms with Gasteiger partial charge in [0, 0.05) is 16.6 Å². The van der Waals surface area contributed by atoms with Crippen LogP contribution in [-0.2, 0) is 0 Å². The quantitative estimate of drug-likeness (QED) is 0.619. The highest BCUT2D eigenvalue weighted by Crippen LogP contribution is 2.38. The molecular formula is C13H8F5NO. The zero-order valence-electron chi connectivity index (χ0n) is 10.1. The first kappa shape index (κ1) is 14.4. The lowest BCUT2D eigenvalue weighted by molar-refractivity contribution is -0.255. The average molecular weight is 289 g/mol. The molecule has 0 radical (unpaired) electrons. The molecule has 0 saturated heterocycles. The molecule has 106 valence electrons. The summed E-state index contributed by atoms with van der Waals surface area (Å²) in [4.78, 5) is 15.4. The lowest BCUT2D eigenvalue weighted by Gasteiger charge is -2.18. The number of aromatic nitrogens is 1. The molecule has 20 heavy (non-hydrogen) atoms. The largest absolute Gasteiger partial charge is 0.461 e. The van der Waals surface area contributed by atoms with E-state index in [2.05, 4.69) is 4.98 Å². The highest BCUT2D eigenvalue weighted by atomic mass is 19.4. The van der Waals surface area contributed by atoms with Gasteiger partial charge in [-0.1, -0.05) is 6.07 Å². The van der Waals surface area contributed by atoms with Crippen LogP contribution in [0.15, 0.2) is 30.3 Å². The molecule has 7 heteroatoms. The number of alkyl halides is 5. The van der Waals surface area contributed by atoms with E-state index in [0.717, 1.165) is 12.1 Å². The van der Waals surface area contributed by atoms with Gasteiger partial charge in [0.15, 0.2) is 0 Å². The summed E-state index contributed by atoms with van der Waals surface area (Å²) in [6.07, 6.45) is -5.91. The van der Waals surface area contributed by atoms with Crippen LogP contribution >= 0.6 is 0 Å². The molecule has 0 aliphatic heterocycles. The van der Waals surface area contributed by atoms with E-state index in [1.807, 2.05) is 0 Å². The third kappa shape index (κ3) is 2.35. The first-order chi connectivity index (χ1) is 9.13. The van der Waals surface area contributed by atoms with Crippen LogP contribution in [0.5, 0.6) is 0 Å². The van der Waals surface area contributed by atoms with Gasteiger partial charge in [0.05, 0.1) is 5.52 Å². The van der Waals surface area contributed by atoms with Crippen molar-refractivity contribution in [2.45, 2.75) is 19.0 Å². The van der Waals surface area contributed by atoms with Crippen LogP contribution in [0.25, 0.3) is 10.9 Å². The summed E-state index contributed by atoms with van der Waals surface area (Å²) in [6.45, 7) is 1.70. The number of fused-ring (bicyclic) bond motifs is 1. The summed E-state index contributed by atoms with van der Waals surface area (Å²) in [7, 11) is 0. The van der Waals surface area contributed by atoms with Crippen molar-refractivity contribution in [3.05, 3.63) is 41.6 Å². The van der Waals surface area contributed by atoms with E-state index in [0.29, 0.717) is 16.6 Å². The maximum Gasteiger partial charge on any atom is 0.461 e. The van der Waals surface area contributed by atoms with E-state index in [-0.39, 0.29) is 0 Å². The number of carbonyl (C=O) groups is 1. The maximum absolute atomic E-state index is 13.0. The fraction of sp³-hybridized carbons (Fsp3) is 0.231. The molecule has 2 aromatic rings. The van der Waals surface area contributed by atoms with Crippen LogP contribution in [0.2, 0.25) is 0 Å². The van der Waals surface area contributed by atoms with Crippen molar-refractivity contribution in [1.29, 1.82) is 0 Å². The number of Topliss-reactive ketones (excluding diaryl/α,β-unsaturated/α-hetero) is 1. The van der Waals surface area contributed by atoms with Gasteiger partial charge < -0.3 is 0 Å². The van der Waals surface area contributed by atoms with Gasteiger partial charge in [-0.25, -0.2) is 0 Å². The van der Waals surface area contributed by atoms with E-state index < -0.39 is 23.4 Å². The summed E-state index contributed by atoms with van der Waals surface area (Å²) in [6, 6.07) is 6.20. The van der Waals surface area contributed by atoms with Crippen molar-refractivity contribution in [3.8, 4) is 0 Å². The van der Waals surface area contributed by atoms with E-state index in [4.69, 9.17) is 0 Å². The lowest BCUT2D eigenvalue weighted by Crippen LogP contribution is -2.44. The minimum Gasteiger partial charge on any atom is -0.287 e. The summed E-state index contributed by atoms with van der Waals surface area (Å²) in [5, 5.41) is 0.319. The molecule has 2 nitrogen and oxygen atoms in total. The lowest BCUT2D eigenvalue weighted by atomic mass is 10.0. The van der Waals surface area contributed by atoms with Gasteiger partial charge in [-0.2, -0.15) is 22.0 Å². The second-order valence-electron chi connectivity index (χ2n) is 4.26. The minimum absolute atomic E-state index is 0.319. The van der Waals surface area contributed by atoms with Crippen molar-refractivity contribution >= 4 is 16.7 Å². The van der Waals surface area contributed by atoms with Crippen molar-refractivity contribution < 1.29 is 26.7 Å². The fourth-order valence-corrected chi connectivity index (χ4v) is 1.68. The number of rotatable bonds is 2. The Morgan fingerprint density at radius 3 is 2.30 bits per heavy atom. The highest BCUT2D eigenvalue weighted by molar-refractivity contribution is 6.04. The number of nitrogens with zero attached hydrogens (tertiary/aromatic N) is 1. The third-order valence-electron chi connectivity index (χ3n) is 2.73. The smallest absolute Gasteiger partial charge is 0.287 e. The number of halogens is 5. The predicted octanol–water partition coefficient (Wildman–Crippen LogP) is 3.92. The normalized spacial score (nSPS) is 12.7. The zero-order valence-corrected chi connectivity index (χ0v) is 10.1. The molecule has 0 aliphatic rings. The molecule has 0 bridgehead atoms. The van der Waals surface area contributed by atoms with Crippen molar-refractivity contribution in [2.24, 2.45) is 0 Å². The number of ketones is 1. The molecule has 0 fully saturated rings. The van der Waals surface area contributed by atoms with Gasteiger partial charge in [0.25, 0.3) is 0 Å². The molecule has 0 N–H and O–H groups in total. The standard InChI is InChI=1S/C13H8F5NO/c1-7-2-3-8-6-9(4-5-10(8)19-7)11(20)12(14,15)13(16,17)18/h2-6H,1H3. The molecule has 0 atom stereocenters. The maximum atomic E-state index is 13.0. The van der Waals surface area contributed by atoms with Gasteiger partial charge >= 0.3 is 12.1 Å². The molecule has 1 heterocycles. The molecule has 0 aliphatic carbocycles. The van der Waals surface area contributed by atoms with Crippen LogP contribution in [0, 0.1) is 6.92 Å². The first-order valence-electron chi connectivity index (χ1n) is 5.49. The highest BCUT2D eigenvalue weighted by Gasteiger charge is 2.63. The number of hydrogen-bond donors (Lipinski definition) is 0. The van der Waals surface area contributed by atoms with Crippen LogP contribution in [0.4, 0.5) is 22.0 Å². The number of benzene rings is 1. The van der Waals surface area contributed by atoms with Crippen molar-refractivity contribution in [1.82, 2.24) is 4.98 Å². The molecular weight excluding hydrogens is 281 g/mol. The Morgan fingerprint density at radius 2 is 1.70 bits per heavy atom. The molecule has 1 aromatic carbocycles. The van der Waals surface area contributed by atoms with E-state index in [9.17, 15) is 26.7 Å². The Bertz CT molecular complexity index is 678. The first-order valence-corrected chi connectivity index (χ1v) is 5.49. The van der Waals surface area contributed by atoms with Gasteiger partial charge in [-0.3, -0.25) is 9.78 Å². The number of aryl methyl sites for hydroxylation is 1. The minimum atomic E-state index is -5.91. The Labute approximate surface area is 110 Å². The third-order valence-corrected chi connectivity index (χ3v) is 2.73. The van der Waals surface area contributed by atoms with Gasteiger partial charge in [0.2, 0.25) is 5.78 Å². The van der Waals surface area contributed by atoms with Crippen molar-refractivity contribution in [2.75, 3.05) is 0 Å². The number of carbonyl (C=O) groups excluding carboxylic acids is 1. The Kier molecular flexibility index (Phi) is 3.23. The van der Waals surface area contributed by atoms with Crippen molar-refractivity contribution in [3.63, 3.8) is 0 Å². The molecule has 0 saturated carbocycles. The van der Waals surface area contributed by atoms with E-state index in [1.165, 1.54) is 12.1 Å². The van der Waals surface area contributed by atoms with Gasteiger partial charge in [-0.15, -0.1) is 0 Å². The van der Waals surface area contributed by atoms with Gasteiger partial charge in [-0.05, 0) is 31.2 Å². The SMILES string of the molecule is Cc1ccc2cc(C(=O)C(F)(F)C(F)(F)F)ccc2n1. The summed E-state index contributed by atoms with van der Waals surface area (Å²) >= 11 is 0. The fourth-order valence-electron chi connectivity index (χ4n) is 1.68. The van der Waals surface area contributed by atoms with Crippen LogP contribution in [0.1, 0.15) is 16.1 Å².